The van der Waals surface area contributed by atoms with Crippen molar-refractivity contribution in [3.63, 3.8) is 0 Å². The second-order valence-corrected chi connectivity index (χ2v) is 10.4. The van der Waals surface area contributed by atoms with Gasteiger partial charge < -0.3 is 25.2 Å². The molecule has 6 atom stereocenters. The number of carbonyl (C=O) groups excluding carboxylic acids is 1. The van der Waals surface area contributed by atoms with Crippen LogP contribution in [0.1, 0.15) is 65.0 Å². The van der Waals surface area contributed by atoms with E-state index >= 15 is 0 Å². The second-order valence-electron chi connectivity index (χ2n) is 10.4. The van der Waals surface area contributed by atoms with Crippen LogP contribution in [0.5, 0.6) is 5.75 Å². The van der Waals surface area contributed by atoms with Gasteiger partial charge in [-0.3, -0.25) is 0 Å². The zero-order valence-corrected chi connectivity index (χ0v) is 23.5. The normalized spacial score (nSPS) is 31.9. The van der Waals surface area contributed by atoms with Gasteiger partial charge in [0.05, 0.1) is 18.3 Å². The fraction of sp³-hybridized carbons (Fsp3) is 0.424. The van der Waals surface area contributed by atoms with Crippen molar-refractivity contribution in [3.05, 3.63) is 102 Å². The number of esters is 1. The number of aliphatic hydroxyl groups is 3. The van der Waals surface area contributed by atoms with Crippen LogP contribution in [0.4, 0.5) is 0 Å². The molecule has 1 aromatic carbocycles. The average molecular weight is 537 g/mol. The molecule has 4 N–H and O–H groups in total. The number of allylic oxidation sites excluding steroid dienone is 9. The average Bonchev–Trinajstić information content (AvgIpc) is 2.91. The highest BCUT2D eigenvalue weighted by molar-refractivity contribution is 5.88. The summed E-state index contributed by atoms with van der Waals surface area (Å²) in [5, 5.41) is 42.1. The largest absolute Gasteiger partial charge is 0.508 e. The topological polar surface area (TPSA) is 107 Å². The lowest BCUT2D eigenvalue weighted by Gasteiger charge is -2.30. The van der Waals surface area contributed by atoms with Gasteiger partial charge in [0.2, 0.25) is 0 Å². The first-order chi connectivity index (χ1) is 18.6. The van der Waals surface area contributed by atoms with E-state index in [-0.39, 0.29) is 18.1 Å². The van der Waals surface area contributed by atoms with E-state index in [0.29, 0.717) is 24.0 Å². The third-order valence-electron chi connectivity index (χ3n) is 6.95. The molecule has 0 amide bonds. The van der Waals surface area contributed by atoms with Gasteiger partial charge in [0.15, 0.2) is 0 Å². The minimum absolute atomic E-state index is 0.0370. The van der Waals surface area contributed by atoms with Gasteiger partial charge in [-0.1, -0.05) is 86.7 Å². The van der Waals surface area contributed by atoms with E-state index in [1.54, 1.807) is 44.2 Å². The molecular formula is C33H44O6. The van der Waals surface area contributed by atoms with Crippen LogP contribution < -0.4 is 0 Å². The number of aliphatic hydroxyl groups excluding tert-OH is 3. The maximum absolute atomic E-state index is 12.9. The number of hydrogen-bond donors (Lipinski definition) is 4. The predicted octanol–water partition coefficient (Wildman–Crippen LogP) is 6.02. The SMILES string of the molecule is C\C1=C/C=C\C=C\C=C/C[C@@H](O)/C(C)=C/C=C/[C@H](C)CC[C@H](O)C[C@@H]([C@@H](C)[C@@H](O)c2cccc(O)c2)OC1=O. The molecule has 39 heavy (non-hydrogen) atoms. The highest BCUT2D eigenvalue weighted by Gasteiger charge is 2.31. The van der Waals surface area contributed by atoms with Crippen LogP contribution in [0, 0.1) is 11.8 Å². The number of cyclic esters (lactones) is 1. The smallest absolute Gasteiger partial charge is 0.333 e. The van der Waals surface area contributed by atoms with E-state index in [0.717, 1.165) is 12.0 Å². The van der Waals surface area contributed by atoms with Gasteiger partial charge in [0.1, 0.15) is 11.9 Å². The molecule has 0 spiro atoms. The Morgan fingerprint density at radius 3 is 2.44 bits per heavy atom. The van der Waals surface area contributed by atoms with E-state index in [2.05, 4.69) is 6.92 Å². The minimum Gasteiger partial charge on any atom is -0.508 e. The molecule has 0 saturated heterocycles. The Balaban J connectivity index is 2.28. The fourth-order valence-electron chi connectivity index (χ4n) is 4.19. The number of rotatable bonds is 3. The molecule has 0 unspecified atom stereocenters. The van der Waals surface area contributed by atoms with Crippen LogP contribution in [0.3, 0.4) is 0 Å². The number of ether oxygens (including phenoxy) is 1. The summed E-state index contributed by atoms with van der Waals surface area (Å²) in [7, 11) is 0. The zero-order valence-electron chi connectivity index (χ0n) is 23.5. The number of phenolic OH excluding ortho intramolecular Hbond substituents is 1. The Morgan fingerprint density at radius 1 is 0.974 bits per heavy atom. The molecular weight excluding hydrogens is 492 g/mol. The number of aromatic hydroxyl groups is 1. The van der Waals surface area contributed by atoms with Gasteiger partial charge in [-0.15, -0.1) is 0 Å². The number of benzene rings is 1. The number of carbonyl (C=O) groups is 1. The lowest BCUT2D eigenvalue weighted by Crippen LogP contribution is -2.33. The van der Waals surface area contributed by atoms with Crippen molar-refractivity contribution < 1.29 is 30.0 Å². The monoisotopic (exact) mass is 536 g/mol. The molecule has 2 rings (SSSR count). The summed E-state index contributed by atoms with van der Waals surface area (Å²) >= 11 is 0. The van der Waals surface area contributed by atoms with Crippen molar-refractivity contribution in [2.24, 2.45) is 11.8 Å². The third-order valence-corrected chi connectivity index (χ3v) is 6.95. The Labute approximate surface area is 233 Å². The molecule has 0 fully saturated rings. The lowest BCUT2D eigenvalue weighted by atomic mass is 9.88. The standard InChI is InChI=1S/C33H44O6/c1-23-13-11-15-24(2)30(36)18-10-8-6-5-7-9-14-25(3)33(38)39-31(22-29(35)20-19-23)26(4)32(37)27-16-12-17-28(34)21-27/h5-17,21,23,26,29-32,34-37H,18-20,22H2,1-4H3/b6-5+,9-7-,10-8-,13-11+,24-15+,25-14+/t23-,26+,29-,30+,31-,32+/m0/s1. The van der Waals surface area contributed by atoms with Gasteiger partial charge in [0.25, 0.3) is 0 Å². The highest BCUT2D eigenvalue weighted by atomic mass is 16.5. The summed E-state index contributed by atoms with van der Waals surface area (Å²) in [5.74, 6) is -0.830. The van der Waals surface area contributed by atoms with Gasteiger partial charge in [0, 0.05) is 17.9 Å². The maximum atomic E-state index is 12.9. The first kappa shape index (κ1) is 32.0. The summed E-state index contributed by atoms with van der Waals surface area (Å²) in [6.07, 6.45) is 17.3. The summed E-state index contributed by atoms with van der Waals surface area (Å²) in [5.41, 5.74) is 1.77. The quantitative estimate of drug-likeness (QED) is 0.352. The van der Waals surface area contributed by atoms with Crippen LogP contribution in [0.15, 0.2) is 96.2 Å². The molecule has 1 aliphatic heterocycles. The van der Waals surface area contributed by atoms with Crippen molar-refractivity contribution in [2.45, 2.75) is 77.8 Å². The first-order valence-corrected chi connectivity index (χ1v) is 13.6. The zero-order chi connectivity index (χ0) is 28.8. The summed E-state index contributed by atoms with van der Waals surface area (Å²) in [6.45, 7) is 7.39. The molecule has 6 nitrogen and oxygen atoms in total. The van der Waals surface area contributed by atoms with Crippen LogP contribution in [0.2, 0.25) is 0 Å². The van der Waals surface area contributed by atoms with E-state index < -0.39 is 36.3 Å². The van der Waals surface area contributed by atoms with Crippen LogP contribution in [0.25, 0.3) is 0 Å². The lowest BCUT2D eigenvalue weighted by molar-refractivity contribution is -0.151. The third kappa shape index (κ3) is 11.6. The fourth-order valence-corrected chi connectivity index (χ4v) is 4.19. The van der Waals surface area contributed by atoms with Crippen LogP contribution >= 0.6 is 0 Å². The van der Waals surface area contributed by atoms with Crippen molar-refractivity contribution in [2.75, 3.05) is 0 Å². The van der Waals surface area contributed by atoms with E-state index in [9.17, 15) is 25.2 Å². The highest BCUT2D eigenvalue weighted by Crippen LogP contribution is 2.31. The van der Waals surface area contributed by atoms with Gasteiger partial charge in [-0.25, -0.2) is 4.79 Å². The Hall–Kier alpha value is -3.19. The van der Waals surface area contributed by atoms with Gasteiger partial charge in [-0.2, -0.15) is 0 Å². The molecule has 212 valence electrons. The van der Waals surface area contributed by atoms with Crippen LogP contribution in [-0.4, -0.2) is 44.7 Å². The number of phenols is 1. The molecule has 0 radical (unpaired) electrons. The summed E-state index contributed by atoms with van der Waals surface area (Å²) in [4.78, 5) is 12.9. The Morgan fingerprint density at radius 2 is 1.69 bits per heavy atom. The molecule has 0 aromatic heterocycles. The van der Waals surface area contributed by atoms with Crippen molar-refractivity contribution in [1.82, 2.24) is 0 Å². The summed E-state index contributed by atoms with van der Waals surface area (Å²) < 4.78 is 5.83. The van der Waals surface area contributed by atoms with E-state index in [1.807, 2.05) is 49.5 Å². The molecule has 0 bridgehead atoms. The molecule has 6 heteroatoms. The van der Waals surface area contributed by atoms with E-state index in [4.69, 9.17) is 4.74 Å². The second kappa shape index (κ2) is 16.7. The summed E-state index contributed by atoms with van der Waals surface area (Å²) in [6, 6.07) is 6.36. The minimum atomic E-state index is -1.00. The van der Waals surface area contributed by atoms with Gasteiger partial charge >= 0.3 is 5.97 Å². The molecule has 1 heterocycles. The maximum Gasteiger partial charge on any atom is 0.333 e. The predicted molar refractivity (Wildman–Crippen MR) is 156 cm³/mol. The Bertz CT molecular complexity index is 1090. The van der Waals surface area contributed by atoms with Crippen molar-refractivity contribution in [1.29, 1.82) is 0 Å². The molecule has 0 saturated carbocycles. The Kier molecular flexibility index (Phi) is 13.7. The van der Waals surface area contributed by atoms with Crippen molar-refractivity contribution >= 4 is 5.97 Å². The molecule has 1 aromatic rings. The van der Waals surface area contributed by atoms with E-state index in [1.165, 1.54) is 12.1 Å². The first-order valence-electron chi connectivity index (χ1n) is 13.6. The van der Waals surface area contributed by atoms with Crippen LogP contribution in [-0.2, 0) is 9.53 Å². The van der Waals surface area contributed by atoms with Crippen molar-refractivity contribution in [3.8, 4) is 5.75 Å². The molecule has 1 aliphatic rings. The molecule has 0 aliphatic carbocycles. The number of hydrogen-bond acceptors (Lipinski definition) is 6. The van der Waals surface area contributed by atoms with Gasteiger partial charge in [-0.05, 0) is 62.3 Å².